The fourth-order valence-corrected chi connectivity index (χ4v) is 2.26. The molecule has 1 N–H and O–H groups in total. The number of ketones is 1. The minimum Gasteiger partial charge on any atom is -0.476 e. The van der Waals surface area contributed by atoms with Gasteiger partial charge in [-0.3, -0.25) is 19.7 Å². The molecule has 124 valence electrons. The Hall–Kier alpha value is -2.90. The van der Waals surface area contributed by atoms with Gasteiger partial charge in [0.15, 0.2) is 0 Å². The lowest BCUT2D eigenvalue weighted by molar-refractivity contribution is -0.436. The van der Waals surface area contributed by atoms with Gasteiger partial charge in [0, 0.05) is 0 Å². The Morgan fingerprint density at radius 2 is 1.74 bits per heavy atom. The lowest BCUT2D eigenvalue weighted by Gasteiger charge is -2.21. The Morgan fingerprint density at radius 3 is 2.13 bits per heavy atom. The second-order valence-electron chi connectivity index (χ2n) is 4.65. The van der Waals surface area contributed by atoms with E-state index < -0.39 is 40.2 Å². The fraction of sp³-hybridized carbons (Fsp3) is 0.333. The van der Waals surface area contributed by atoms with Gasteiger partial charge in [-0.25, -0.2) is 0 Å². The molecule has 0 aliphatic carbocycles. The molecule has 0 saturated heterocycles. The van der Waals surface area contributed by atoms with Crippen LogP contribution in [0.1, 0.15) is 18.4 Å². The van der Waals surface area contributed by atoms with E-state index in [1.165, 1.54) is 12.1 Å². The fourth-order valence-electron chi connectivity index (χ4n) is 2.26. The van der Waals surface area contributed by atoms with Gasteiger partial charge in [-0.2, -0.15) is 0 Å². The molecule has 0 radical (unpaired) electrons. The van der Waals surface area contributed by atoms with Crippen LogP contribution in [0.5, 0.6) is 0 Å². The lowest BCUT2D eigenvalue weighted by Crippen LogP contribution is -2.33. The number of carbonyl (C=O) groups is 2. The molecule has 2 unspecified atom stereocenters. The van der Waals surface area contributed by atoms with Gasteiger partial charge >= 0.3 is 17.6 Å². The summed E-state index contributed by atoms with van der Waals surface area (Å²) in [7, 11) is 2.12. The first kappa shape index (κ1) is 18.1. The number of aliphatic hydroxyl groups is 1. The highest BCUT2D eigenvalue weighted by Crippen LogP contribution is 2.35. The number of rotatable bonds is 7. The number of nitrogens with zero attached hydrogens (tertiary/aromatic N) is 1. The second-order valence-corrected chi connectivity index (χ2v) is 4.65. The van der Waals surface area contributed by atoms with Gasteiger partial charge in [0.1, 0.15) is 17.6 Å². The van der Waals surface area contributed by atoms with Crippen molar-refractivity contribution in [2.24, 2.45) is 5.92 Å². The summed E-state index contributed by atoms with van der Waals surface area (Å²) in [6.45, 7) is 1.12. The van der Waals surface area contributed by atoms with E-state index in [1.54, 1.807) is 18.2 Å². The Labute approximate surface area is 132 Å². The van der Waals surface area contributed by atoms with Crippen LogP contribution in [0.15, 0.2) is 42.0 Å². The van der Waals surface area contributed by atoms with E-state index in [4.69, 9.17) is 0 Å². The molecular weight excluding hydrogens is 306 g/mol. The number of esters is 1. The summed E-state index contributed by atoms with van der Waals surface area (Å²) in [6, 6.07) is 7.88. The molecule has 2 atom stereocenters. The van der Waals surface area contributed by atoms with E-state index >= 15 is 0 Å². The summed E-state index contributed by atoms with van der Waals surface area (Å²) in [5.74, 6) is -5.38. The van der Waals surface area contributed by atoms with Crippen molar-refractivity contribution in [3.05, 3.63) is 57.7 Å². The standard InChI is InChI=1S/C15H17NO7/c1-9(17)11(14(18)22-2)12(10-7-5-4-6-8-10)13(16(20)21)15(19)23-3/h4-8,11-12,19H,1-3H3. The molecule has 23 heavy (non-hydrogen) atoms. The molecule has 8 nitrogen and oxygen atoms in total. The lowest BCUT2D eigenvalue weighted by atomic mass is 9.81. The van der Waals surface area contributed by atoms with Gasteiger partial charge in [0.25, 0.3) is 0 Å². The van der Waals surface area contributed by atoms with Crippen molar-refractivity contribution in [3.63, 3.8) is 0 Å². The topological polar surface area (TPSA) is 116 Å². The van der Waals surface area contributed by atoms with E-state index in [0.29, 0.717) is 5.56 Å². The highest BCUT2D eigenvalue weighted by Gasteiger charge is 2.45. The first-order valence-electron chi connectivity index (χ1n) is 6.59. The molecule has 0 aliphatic rings. The predicted molar refractivity (Wildman–Crippen MR) is 79.0 cm³/mol. The molecule has 0 fully saturated rings. The van der Waals surface area contributed by atoms with E-state index in [0.717, 1.165) is 21.1 Å². The van der Waals surface area contributed by atoms with E-state index in [9.17, 15) is 24.8 Å². The molecule has 1 aromatic rings. The smallest absolute Gasteiger partial charge is 0.354 e. The maximum atomic E-state index is 12.0. The van der Waals surface area contributed by atoms with Crippen LogP contribution in [-0.2, 0) is 19.1 Å². The van der Waals surface area contributed by atoms with Crippen molar-refractivity contribution in [1.82, 2.24) is 0 Å². The van der Waals surface area contributed by atoms with Crippen LogP contribution < -0.4 is 0 Å². The number of methoxy groups -OCH3 is 2. The highest BCUT2D eigenvalue weighted by molar-refractivity contribution is 5.99. The van der Waals surface area contributed by atoms with Crippen LogP contribution in [0.3, 0.4) is 0 Å². The Kier molecular flexibility index (Phi) is 6.25. The van der Waals surface area contributed by atoms with Crippen LogP contribution >= 0.6 is 0 Å². The number of aliphatic hydroxyl groups excluding tert-OH is 1. The molecule has 1 rings (SSSR count). The molecule has 0 aromatic heterocycles. The Bertz CT molecular complexity index is 624. The zero-order valence-corrected chi connectivity index (χ0v) is 12.9. The highest BCUT2D eigenvalue weighted by atomic mass is 16.6. The average molecular weight is 323 g/mol. The third-order valence-electron chi connectivity index (χ3n) is 3.29. The molecule has 0 bridgehead atoms. The van der Waals surface area contributed by atoms with E-state index in [-0.39, 0.29) is 0 Å². The van der Waals surface area contributed by atoms with E-state index in [1.807, 2.05) is 0 Å². The van der Waals surface area contributed by atoms with Gasteiger partial charge in [-0.15, -0.1) is 0 Å². The summed E-state index contributed by atoms with van der Waals surface area (Å²) >= 11 is 0. The largest absolute Gasteiger partial charge is 0.476 e. The Morgan fingerprint density at radius 1 is 1.17 bits per heavy atom. The average Bonchev–Trinajstić information content (AvgIpc) is 2.53. The maximum absolute atomic E-state index is 12.0. The van der Waals surface area contributed by atoms with Crippen molar-refractivity contribution < 1.29 is 29.1 Å². The first-order valence-corrected chi connectivity index (χ1v) is 6.59. The van der Waals surface area contributed by atoms with Gasteiger partial charge in [-0.05, 0) is 12.5 Å². The van der Waals surface area contributed by atoms with Crippen molar-refractivity contribution in [2.75, 3.05) is 14.2 Å². The van der Waals surface area contributed by atoms with Gasteiger partial charge in [0.05, 0.1) is 19.1 Å². The maximum Gasteiger partial charge on any atom is 0.354 e. The van der Waals surface area contributed by atoms with Crippen LogP contribution in [-0.4, -0.2) is 36.0 Å². The summed E-state index contributed by atoms with van der Waals surface area (Å²) in [5, 5.41) is 21.2. The third kappa shape index (κ3) is 4.06. The number of nitro groups is 1. The quantitative estimate of drug-likeness (QED) is 0.267. The van der Waals surface area contributed by atoms with Gasteiger partial charge < -0.3 is 14.6 Å². The van der Waals surface area contributed by atoms with Crippen molar-refractivity contribution in [2.45, 2.75) is 12.8 Å². The summed E-state index contributed by atoms with van der Waals surface area (Å²) in [4.78, 5) is 34.4. The zero-order valence-electron chi connectivity index (χ0n) is 12.9. The number of carbonyl (C=O) groups excluding carboxylic acids is 2. The van der Waals surface area contributed by atoms with E-state index in [2.05, 4.69) is 9.47 Å². The number of ether oxygens (including phenoxy) is 2. The van der Waals surface area contributed by atoms with Crippen molar-refractivity contribution >= 4 is 11.8 Å². The van der Waals surface area contributed by atoms with Crippen LogP contribution in [0.2, 0.25) is 0 Å². The molecule has 8 heteroatoms. The number of hydrogen-bond donors (Lipinski definition) is 1. The minimum atomic E-state index is -1.49. The number of Topliss-reactive ketones (excluding diaryl/α,β-unsaturated/α-hetero) is 1. The van der Waals surface area contributed by atoms with Gasteiger partial charge in [0.2, 0.25) is 0 Å². The molecular formula is C15H17NO7. The van der Waals surface area contributed by atoms with Gasteiger partial charge in [-0.1, -0.05) is 30.3 Å². The summed E-state index contributed by atoms with van der Waals surface area (Å²) in [6.07, 6.45) is 0. The second kappa shape index (κ2) is 7.92. The summed E-state index contributed by atoms with van der Waals surface area (Å²) < 4.78 is 9.14. The van der Waals surface area contributed by atoms with Crippen molar-refractivity contribution in [1.29, 1.82) is 0 Å². The number of allylic oxidation sites excluding steroid dienone is 1. The number of benzene rings is 1. The molecule has 0 aliphatic heterocycles. The molecule has 0 spiro atoms. The summed E-state index contributed by atoms with van der Waals surface area (Å²) in [5.41, 5.74) is -0.488. The van der Waals surface area contributed by atoms with Crippen LogP contribution in [0.25, 0.3) is 0 Å². The predicted octanol–water partition coefficient (Wildman–Crippen LogP) is 1.80. The monoisotopic (exact) mass is 323 g/mol. The molecule has 0 saturated carbocycles. The third-order valence-corrected chi connectivity index (χ3v) is 3.29. The van der Waals surface area contributed by atoms with Crippen LogP contribution in [0, 0.1) is 16.0 Å². The minimum absolute atomic E-state index is 0.299. The zero-order chi connectivity index (χ0) is 17.6. The SMILES string of the molecule is COC(=O)C(C(C)=O)C(C(=C(O)OC)[N+](=O)[O-])c1ccccc1. The molecule has 1 aromatic carbocycles. The first-order chi connectivity index (χ1) is 10.8. The van der Waals surface area contributed by atoms with Crippen molar-refractivity contribution in [3.8, 4) is 0 Å². The molecule has 0 heterocycles. The molecule has 0 amide bonds. The van der Waals surface area contributed by atoms with Crippen LogP contribution in [0.4, 0.5) is 0 Å². The normalized spacial score (nSPS) is 14.2. The number of hydrogen-bond acceptors (Lipinski definition) is 7. The Balaban J connectivity index is 3.64.